The fourth-order valence-corrected chi connectivity index (χ4v) is 7.03. The summed E-state index contributed by atoms with van der Waals surface area (Å²) in [6, 6.07) is 0. The zero-order valence-electron chi connectivity index (χ0n) is 13.9. The lowest BCUT2D eigenvalue weighted by Gasteiger charge is -2.57. The van der Waals surface area contributed by atoms with Crippen molar-refractivity contribution in [3.05, 3.63) is 12.2 Å². The maximum Gasteiger partial charge on any atom is 0.233 e. The zero-order chi connectivity index (χ0) is 15.6. The van der Waals surface area contributed by atoms with Crippen molar-refractivity contribution in [1.29, 1.82) is 0 Å². The van der Waals surface area contributed by atoms with Crippen LogP contribution in [0.25, 0.3) is 0 Å². The second-order valence-corrected chi connectivity index (χ2v) is 9.15. The fourth-order valence-electron chi connectivity index (χ4n) is 7.03. The highest BCUT2D eigenvalue weighted by molar-refractivity contribution is 6.05. The van der Waals surface area contributed by atoms with Gasteiger partial charge in [0.2, 0.25) is 11.8 Å². The summed E-state index contributed by atoms with van der Waals surface area (Å²) >= 11 is 0. The van der Waals surface area contributed by atoms with Gasteiger partial charge in [0, 0.05) is 6.54 Å². The quantitative estimate of drug-likeness (QED) is 0.590. The van der Waals surface area contributed by atoms with Gasteiger partial charge in [-0.1, -0.05) is 12.2 Å². The van der Waals surface area contributed by atoms with Crippen molar-refractivity contribution < 1.29 is 9.59 Å². The minimum atomic E-state index is -0.0520. The lowest BCUT2D eigenvalue weighted by Crippen LogP contribution is -2.47. The van der Waals surface area contributed by atoms with Crippen molar-refractivity contribution in [2.24, 2.45) is 35.0 Å². The molecule has 5 fully saturated rings. The van der Waals surface area contributed by atoms with Crippen LogP contribution in [0.2, 0.25) is 0 Å². The third-order valence-corrected chi connectivity index (χ3v) is 7.63. The van der Waals surface area contributed by atoms with Crippen molar-refractivity contribution in [1.82, 2.24) is 4.90 Å². The first-order valence-electron chi connectivity index (χ1n) is 9.64. The first-order chi connectivity index (χ1) is 11.1. The fraction of sp³-hybridized carbons (Fsp3) is 0.800. The monoisotopic (exact) mass is 313 g/mol. The summed E-state index contributed by atoms with van der Waals surface area (Å²) in [5, 5.41) is 0. The summed E-state index contributed by atoms with van der Waals surface area (Å²) in [6.07, 6.45) is 15.2. The van der Waals surface area contributed by atoms with E-state index >= 15 is 0 Å². The van der Waals surface area contributed by atoms with Gasteiger partial charge in [0.05, 0.1) is 11.8 Å². The van der Waals surface area contributed by atoms with Crippen LogP contribution >= 0.6 is 0 Å². The lowest BCUT2D eigenvalue weighted by molar-refractivity contribution is -0.141. The second-order valence-electron chi connectivity index (χ2n) is 9.15. The van der Waals surface area contributed by atoms with Crippen molar-refractivity contribution in [2.75, 3.05) is 6.54 Å². The van der Waals surface area contributed by atoms with E-state index < -0.39 is 0 Å². The molecule has 0 aromatic carbocycles. The number of amides is 2. The van der Waals surface area contributed by atoms with Crippen LogP contribution in [0, 0.1) is 35.0 Å². The smallest absolute Gasteiger partial charge is 0.233 e. The average molecular weight is 313 g/mol. The van der Waals surface area contributed by atoms with Gasteiger partial charge < -0.3 is 0 Å². The topological polar surface area (TPSA) is 37.4 Å². The van der Waals surface area contributed by atoms with E-state index in [0.29, 0.717) is 12.0 Å². The van der Waals surface area contributed by atoms with Crippen LogP contribution in [-0.4, -0.2) is 23.3 Å². The average Bonchev–Trinajstić information content (AvgIpc) is 2.76. The molecule has 0 radical (unpaired) electrons. The standard InChI is InChI=1S/C20H27NO2/c22-18-16-3-1-2-4-17(16)19(23)21(18)6-5-20-10-13-7-14(11-20)9-15(8-13)12-20/h1-2,13-17H,3-12H2/t13?,14?,15?,16-,17+,20?. The molecular weight excluding hydrogens is 286 g/mol. The number of allylic oxidation sites excluding steroid dienone is 2. The Labute approximate surface area is 138 Å². The molecule has 124 valence electrons. The molecule has 0 spiro atoms. The summed E-state index contributed by atoms with van der Waals surface area (Å²) in [4.78, 5) is 26.9. The van der Waals surface area contributed by atoms with Gasteiger partial charge in [0.1, 0.15) is 0 Å². The second kappa shape index (κ2) is 4.94. The highest BCUT2D eigenvalue weighted by Crippen LogP contribution is 2.61. The van der Waals surface area contributed by atoms with E-state index in [-0.39, 0.29) is 23.7 Å². The predicted molar refractivity (Wildman–Crippen MR) is 87.3 cm³/mol. The van der Waals surface area contributed by atoms with E-state index in [1.807, 2.05) is 0 Å². The van der Waals surface area contributed by atoms with E-state index in [2.05, 4.69) is 12.2 Å². The van der Waals surface area contributed by atoms with Gasteiger partial charge in [-0.25, -0.2) is 0 Å². The molecule has 3 heteroatoms. The van der Waals surface area contributed by atoms with Gasteiger partial charge in [0.25, 0.3) is 0 Å². The van der Waals surface area contributed by atoms with Crippen LogP contribution < -0.4 is 0 Å². The van der Waals surface area contributed by atoms with Gasteiger partial charge in [-0.2, -0.15) is 0 Å². The Hall–Kier alpha value is -1.12. The zero-order valence-corrected chi connectivity index (χ0v) is 13.9. The van der Waals surface area contributed by atoms with Crippen LogP contribution in [0.3, 0.4) is 0 Å². The van der Waals surface area contributed by atoms with Gasteiger partial charge in [-0.3, -0.25) is 14.5 Å². The van der Waals surface area contributed by atoms with E-state index in [1.54, 1.807) is 4.90 Å². The predicted octanol–water partition coefficient (Wildman–Crippen LogP) is 3.54. The molecule has 1 saturated heterocycles. The highest BCUT2D eigenvalue weighted by atomic mass is 16.2. The molecule has 1 heterocycles. The number of carbonyl (C=O) groups excluding carboxylic acids is 2. The molecule has 4 bridgehead atoms. The van der Waals surface area contributed by atoms with Crippen molar-refractivity contribution in [3.63, 3.8) is 0 Å². The summed E-state index contributed by atoms with van der Waals surface area (Å²) in [7, 11) is 0. The minimum Gasteiger partial charge on any atom is -0.282 e. The molecule has 6 rings (SSSR count). The number of rotatable bonds is 3. The largest absolute Gasteiger partial charge is 0.282 e. The van der Waals surface area contributed by atoms with E-state index in [9.17, 15) is 9.59 Å². The Balaban J connectivity index is 1.30. The molecule has 2 amide bonds. The van der Waals surface area contributed by atoms with Crippen molar-refractivity contribution in [2.45, 2.75) is 57.8 Å². The Kier molecular flexibility index (Phi) is 3.06. The molecule has 0 aromatic heterocycles. The molecular formula is C20H27NO2. The molecule has 23 heavy (non-hydrogen) atoms. The Bertz CT molecular complexity index is 517. The van der Waals surface area contributed by atoms with Crippen LogP contribution in [0.5, 0.6) is 0 Å². The van der Waals surface area contributed by atoms with Gasteiger partial charge in [0.15, 0.2) is 0 Å². The lowest BCUT2D eigenvalue weighted by atomic mass is 9.49. The molecule has 6 aliphatic rings. The van der Waals surface area contributed by atoms with Gasteiger partial charge in [-0.15, -0.1) is 0 Å². The van der Waals surface area contributed by atoms with E-state index in [4.69, 9.17) is 0 Å². The van der Waals surface area contributed by atoms with E-state index in [1.165, 1.54) is 38.5 Å². The van der Waals surface area contributed by atoms with Crippen LogP contribution in [0.15, 0.2) is 12.2 Å². The number of likely N-dealkylation sites (tertiary alicyclic amines) is 1. The van der Waals surface area contributed by atoms with Crippen molar-refractivity contribution in [3.8, 4) is 0 Å². The van der Waals surface area contributed by atoms with Crippen LogP contribution in [-0.2, 0) is 9.59 Å². The van der Waals surface area contributed by atoms with Crippen molar-refractivity contribution >= 4 is 11.8 Å². The Morgan fingerprint density at radius 3 is 1.83 bits per heavy atom. The first kappa shape index (κ1) is 14.2. The minimum absolute atomic E-state index is 0.0520. The van der Waals surface area contributed by atoms with Crippen LogP contribution in [0.1, 0.15) is 57.8 Å². The molecule has 0 aromatic rings. The number of fused-ring (bicyclic) bond motifs is 1. The number of hydrogen-bond donors (Lipinski definition) is 0. The molecule has 1 aliphatic heterocycles. The number of imide groups is 1. The summed E-state index contributed by atoms with van der Waals surface area (Å²) in [6.45, 7) is 0.691. The molecule has 5 aliphatic carbocycles. The van der Waals surface area contributed by atoms with Gasteiger partial charge >= 0.3 is 0 Å². The number of nitrogens with zero attached hydrogens (tertiary/aromatic N) is 1. The highest BCUT2D eigenvalue weighted by Gasteiger charge is 2.52. The summed E-state index contributed by atoms with van der Waals surface area (Å²) in [5.41, 5.74) is 0.460. The van der Waals surface area contributed by atoms with E-state index in [0.717, 1.165) is 37.0 Å². The molecule has 4 saturated carbocycles. The molecule has 2 atom stereocenters. The summed E-state index contributed by atoms with van der Waals surface area (Å²) in [5.74, 6) is 2.96. The Morgan fingerprint density at radius 2 is 1.35 bits per heavy atom. The number of hydrogen-bond acceptors (Lipinski definition) is 2. The maximum absolute atomic E-state index is 12.6. The maximum atomic E-state index is 12.6. The summed E-state index contributed by atoms with van der Waals surface area (Å²) < 4.78 is 0. The third kappa shape index (κ3) is 2.15. The Morgan fingerprint density at radius 1 is 0.870 bits per heavy atom. The third-order valence-electron chi connectivity index (χ3n) is 7.63. The normalized spacial score (nSPS) is 47.5. The molecule has 3 nitrogen and oxygen atoms in total. The van der Waals surface area contributed by atoms with Crippen LogP contribution in [0.4, 0.5) is 0 Å². The molecule has 0 N–H and O–H groups in total. The SMILES string of the molecule is O=C1[C@H]2CC=CC[C@H]2C(=O)N1CCC12CC3CC(CC(C3)C1)C2. The molecule has 0 unspecified atom stereocenters. The number of carbonyl (C=O) groups is 2. The van der Waals surface area contributed by atoms with Gasteiger partial charge in [-0.05, 0) is 81.0 Å². The first-order valence-corrected chi connectivity index (χ1v) is 9.64.